The van der Waals surface area contributed by atoms with E-state index >= 15 is 0 Å². The number of nitrogens with one attached hydrogen (secondary N) is 1. The average molecular weight is 421 g/mol. The van der Waals surface area contributed by atoms with Crippen LogP contribution in [0.2, 0.25) is 0 Å². The summed E-state index contributed by atoms with van der Waals surface area (Å²) in [5.41, 5.74) is 2.23. The molecule has 0 aliphatic carbocycles. The number of anilines is 1. The molecule has 0 saturated carbocycles. The van der Waals surface area contributed by atoms with Gasteiger partial charge in [-0.2, -0.15) is 0 Å². The largest absolute Gasteiger partial charge is 0.370 e. The molecule has 0 bridgehead atoms. The highest BCUT2D eigenvalue weighted by atomic mass is 16.2. The van der Waals surface area contributed by atoms with E-state index in [2.05, 4.69) is 23.2 Å². The number of aryl methyl sites for hydroxylation is 1. The second-order valence-electron chi connectivity index (χ2n) is 7.40. The highest BCUT2D eigenvalue weighted by molar-refractivity contribution is 5.75. The minimum absolute atomic E-state index is 0.302. The van der Waals surface area contributed by atoms with E-state index in [-0.39, 0.29) is 12.5 Å². The Bertz CT molecular complexity index is 1140. The van der Waals surface area contributed by atoms with Gasteiger partial charge in [-0.1, -0.05) is 42.5 Å². The van der Waals surface area contributed by atoms with Crippen molar-refractivity contribution < 1.29 is 4.79 Å². The fourth-order valence-corrected chi connectivity index (χ4v) is 3.43. The van der Waals surface area contributed by atoms with E-state index in [0.29, 0.717) is 19.6 Å². The van der Waals surface area contributed by atoms with Gasteiger partial charge in [-0.05, 0) is 37.1 Å². The predicted octanol–water partition coefficient (Wildman–Crippen LogP) is 2.01. The number of carbonyl (C=O) groups excluding carboxylic acids is 1. The number of benzene rings is 2. The zero-order valence-corrected chi connectivity index (χ0v) is 18.0. The molecule has 0 aliphatic rings. The van der Waals surface area contributed by atoms with Crippen molar-refractivity contribution in [3.05, 3.63) is 98.8 Å². The van der Waals surface area contributed by atoms with E-state index in [1.54, 1.807) is 0 Å². The van der Waals surface area contributed by atoms with Crippen LogP contribution in [0, 0.1) is 6.92 Å². The van der Waals surface area contributed by atoms with Crippen molar-refractivity contribution in [2.24, 2.45) is 0 Å². The fourth-order valence-electron chi connectivity index (χ4n) is 3.43. The van der Waals surface area contributed by atoms with Crippen molar-refractivity contribution in [1.29, 1.82) is 0 Å². The first-order valence-electron chi connectivity index (χ1n) is 10.4. The molecule has 3 rings (SSSR count). The van der Waals surface area contributed by atoms with Gasteiger partial charge in [0.1, 0.15) is 6.54 Å². The second kappa shape index (κ2) is 10.4. The molecule has 7 heteroatoms. The Balaban J connectivity index is 1.61. The number of nitrogens with zero attached hydrogens (tertiary/aromatic N) is 3. The third kappa shape index (κ3) is 5.94. The van der Waals surface area contributed by atoms with Crippen LogP contribution in [0.25, 0.3) is 0 Å². The molecule has 1 heterocycles. The number of hydrogen-bond acceptors (Lipinski definition) is 4. The van der Waals surface area contributed by atoms with Crippen molar-refractivity contribution in [2.45, 2.75) is 26.9 Å². The maximum Gasteiger partial charge on any atom is 0.331 e. The Morgan fingerprint density at radius 1 is 1.03 bits per heavy atom. The summed E-state index contributed by atoms with van der Waals surface area (Å²) in [6.45, 7) is 5.99. The van der Waals surface area contributed by atoms with Gasteiger partial charge >= 0.3 is 5.69 Å². The molecule has 0 saturated heterocycles. The van der Waals surface area contributed by atoms with Gasteiger partial charge in [0, 0.05) is 37.6 Å². The lowest BCUT2D eigenvalue weighted by atomic mass is 10.2. The number of rotatable bonds is 9. The Hall–Kier alpha value is -3.61. The molecular weight excluding hydrogens is 392 g/mol. The third-order valence-electron chi connectivity index (χ3n) is 5.09. The van der Waals surface area contributed by atoms with Gasteiger partial charge in [0.05, 0.1) is 6.54 Å². The summed E-state index contributed by atoms with van der Waals surface area (Å²) >= 11 is 0. The van der Waals surface area contributed by atoms with Crippen molar-refractivity contribution in [2.75, 3.05) is 24.5 Å². The molecule has 0 spiro atoms. The lowest BCUT2D eigenvalue weighted by Gasteiger charge is -2.23. The fraction of sp³-hybridized carbons (Fsp3) is 0.292. The van der Waals surface area contributed by atoms with Gasteiger partial charge < -0.3 is 10.2 Å². The van der Waals surface area contributed by atoms with Crippen LogP contribution >= 0.6 is 0 Å². The zero-order valence-electron chi connectivity index (χ0n) is 18.0. The lowest BCUT2D eigenvalue weighted by molar-refractivity contribution is -0.121. The van der Waals surface area contributed by atoms with Crippen LogP contribution in [-0.4, -0.2) is 34.7 Å². The van der Waals surface area contributed by atoms with Gasteiger partial charge in [0.15, 0.2) is 0 Å². The molecule has 0 fully saturated rings. The monoisotopic (exact) mass is 420 g/mol. The standard InChI is InChI=1S/C24H28N4O3/c1-3-26(21-11-7-8-19(2)16-21)15-13-25-22(29)18-28-23(30)12-14-27(24(28)31)17-20-9-5-4-6-10-20/h4-12,14,16H,3,13,15,17-18H2,1-2H3,(H,25,29). The Kier molecular flexibility index (Phi) is 7.43. The smallest absolute Gasteiger partial charge is 0.331 e. The molecule has 1 N–H and O–H groups in total. The summed E-state index contributed by atoms with van der Waals surface area (Å²) in [7, 11) is 0. The summed E-state index contributed by atoms with van der Waals surface area (Å²) in [4.78, 5) is 39.5. The average Bonchev–Trinajstić information content (AvgIpc) is 2.77. The molecule has 1 aromatic heterocycles. The van der Waals surface area contributed by atoms with Crippen molar-refractivity contribution in [1.82, 2.24) is 14.5 Å². The van der Waals surface area contributed by atoms with Gasteiger partial charge in [-0.3, -0.25) is 18.7 Å². The van der Waals surface area contributed by atoms with Gasteiger partial charge in [0.2, 0.25) is 5.91 Å². The molecule has 0 atom stereocenters. The summed E-state index contributed by atoms with van der Waals surface area (Å²) in [6.07, 6.45) is 1.47. The number of hydrogen-bond donors (Lipinski definition) is 1. The van der Waals surface area contributed by atoms with Crippen LogP contribution in [0.4, 0.5) is 5.69 Å². The number of likely N-dealkylation sites (N-methyl/N-ethyl adjacent to an activating group) is 1. The molecule has 31 heavy (non-hydrogen) atoms. The summed E-state index contributed by atoms with van der Waals surface area (Å²) < 4.78 is 2.40. The van der Waals surface area contributed by atoms with E-state index in [4.69, 9.17) is 0 Å². The summed E-state index contributed by atoms with van der Waals surface area (Å²) in [5.74, 6) is -0.364. The molecule has 162 valence electrons. The van der Waals surface area contributed by atoms with E-state index in [1.165, 1.54) is 22.4 Å². The van der Waals surface area contributed by atoms with Crippen molar-refractivity contribution in [3.8, 4) is 0 Å². The van der Waals surface area contributed by atoms with E-state index in [1.807, 2.05) is 55.5 Å². The highest BCUT2D eigenvalue weighted by Gasteiger charge is 2.11. The summed E-state index contributed by atoms with van der Waals surface area (Å²) in [5, 5.41) is 2.82. The number of amides is 1. The molecule has 2 aromatic carbocycles. The molecule has 3 aromatic rings. The summed E-state index contributed by atoms with van der Waals surface area (Å²) in [6, 6.07) is 19.0. The van der Waals surface area contributed by atoms with Crippen LogP contribution in [-0.2, 0) is 17.9 Å². The maximum atomic E-state index is 12.7. The Morgan fingerprint density at radius 2 is 1.81 bits per heavy atom. The number of aromatic nitrogens is 2. The van der Waals surface area contributed by atoms with Crippen LogP contribution in [0.15, 0.2) is 76.4 Å². The number of carbonyl (C=O) groups is 1. The van der Waals surface area contributed by atoms with E-state index < -0.39 is 11.2 Å². The molecule has 0 radical (unpaired) electrons. The first-order valence-corrected chi connectivity index (χ1v) is 10.4. The molecule has 0 aliphatic heterocycles. The SMILES string of the molecule is CCN(CCNC(=O)Cn1c(=O)ccn(Cc2ccccc2)c1=O)c1cccc(C)c1. The predicted molar refractivity (Wildman–Crippen MR) is 123 cm³/mol. The second-order valence-corrected chi connectivity index (χ2v) is 7.40. The van der Waals surface area contributed by atoms with Gasteiger partial charge in [-0.15, -0.1) is 0 Å². The van der Waals surface area contributed by atoms with E-state index in [0.717, 1.165) is 22.4 Å². The van der Waals surface area contributed by atoms with Crippen LogP contribution in [0.5, 0.6) is 0 Å². The molecular formula is C24H28N4O3. The molecule has 7 nitrogen and oxygen atoms in total. The molecule has 0 unspecified atom stereocenters. The Morgan fingerprint density at radius 3 is 2.52 bits per heavy atom. The normalized spacial score (nSPS) is 10.6. The van der Waals surface area contributed by atoms with Crippen LogP contribution in [0.3, 0.4) is 0 Å². The van der Waals surface area contributed by atoms with Crippen LogP contribution < -0.4 is 21.5 Å². The van der Waals surface area contributed by atoms with E-state index in [9.17, 15) is 14.4 Å². The minimum atomic E-state index is -0.499. The quantitative estimate of drug-likeness (QED) is 0.575. The maximum absolute atomic E-state index is 12.7. The lowest BCUT2D eigenvalue weighted by Crippen LogP contribution is -2.44. The van der Waals surface area contributed by atoms with Gasteiger partial charge in [-0.25, -0.2) is 4.79 Å². The highest BCUT2D eigenvalue weighted by Crippen LogP contribution is 2.14. The first-order chi connectivity index (χ1) is 15.0. The zero-order chi connectivity index (χ0) is 22.2. The minimum Gasteiger partial charge on any atom is -0.370 e. The molecule has 1 amide bonds. The Labute approximate surface area is 181 Å². The van der Waals surface area contributed by atoms with Crippen molar-refractivity contribution >= 4 is 11.6 Å². The van der Waals surface area contributed by atoms with Crippen LogP contribution in [0.1, 0.15) is 18.1 Å². The topological polar surface area (TPSA) is 76.3 Å². The van der Waals surface area contributed by atoms with Gasteiger partial charge in [0.25, 0.3) is 5.56 Å². The van der Waals surface area contributed by atoms with Crippen molar-refractivity contribution in [3.63, 3.8) is 0 Å². The third-order valence-corrected chi connectivity index (χ3v) is 5.09. The first kappa shape index (κ1) is 22.1.